The van der Waals surface area contributed by atoms with E-state index in [1.807, 2.05) is 6.07 Å². The van der Waals surface area contributed by atoms with Crippen LogP contribution in [0.4, 0.5) is 0 Å². The van der Waals surface area contributed by atoms with Gasteiger partial charge in [0.05, 0.1) is 0 Å². The summed E-state index contributed by atoms with van der Waals surface area (Å²) >= 11 is 1.28. The summed E-state index contributed by atoms with van der Waals surface area (Å²) in [4.78, 5) is 10.6. The van der Waals surface area contributed by atoms with Crippen molar-refractivity contribution in [2.24, 2.45) is 0 Å². The fourth-order valence-corrected chi connectivity index (χ4v) is 1.16. The summed E-state index contributed by atoms with van der Waals surface area (Å²) in [5.74, 6) is 0. The fourth-order valence-electron chi connectivity index (χ4n) is 0.503. The molecule has 0 amide bonds. The van der Waals surface area contributed by atoms with Crippen LogP contribution in [-0.4, -0.2) is 6.29 Å². The topological polar surface area (TPSA) is 40.9 Å². The second kappa shape index (κ2) is 2.42. The van der Waals surface area contributed by atoms with E-state index in [0.29, 0.717) is 16.7 Å². The first-order chi connectivity index (χ1) is 4.38. The first kappa shape index (κ1) is 5.99. The molecule has 0 aliphatic carbocycles. The monoisotopic (exact) mass is 137 g/mol. The SMILES string of the molecule is N#Cc1sccc1C=O. The van der Waals surface area contributed by atoms with Crippen molar-refractivity contribution < 1.29 is 4.79 Å². The van der Waals surface area contributed by atoms with Crippen LogP contribution in [0.1, 0.15) is 15.2 Å². The van der Waals surface area contributed by atoms with Crippen LogP contribution in [0.2, 0.25) is 0 Å². The molecule has 0 unspecified atom stereocenters. The Morgan fingerprint density at radius 3 is 3.00 bits per heavy atom. The van der Waals surface area contributed by atoms with Gasteiger partial charge < -0.3 is 0 Å². The van der Waals surface area contributed by atoms with Gasteiger partial charge in [0, 0.05) is 5.56 Å². The highest BCUT2D eigenvalue weighted by Gasteiger charge is 1.98. The number of aldehydes is 1. The number of carbonyl (C=O) groups excluding carboxylic acids is 1. The Bertz CT molecular complexity index is 258. The molecule has 0 aromatic carbocycles. The highest BCUT2D eigenvalue weighted by Crippen LogP contribution is 2.12. The zero-order valence-electron chi connectivity index (χ0n) is 4.50. The quantitative estimate of drug-likeness (QED) is 0.549. The predicted molar refractivity (Wildman–Crippen MR) is 34.4 cm³/mol. The Labute approximate surface area is 56.4 Å². The van der Waals surface area contributed by atoms with Gasteiger partial charge >= 0.3 is 0 Å². The van der Waals surface area contributed by atoms with E-state index in [9.17, 15) is 4.79 Å². The van der Waals surface area contributed by atoms with Crippen LogP contribution < -0.4 is 0 Å². The maximum absolute atomic E-state index is 10.1. The molecule has 44 valence electrons. The van der Waals surface area contributed by atoms with Crippen molar-refractivity contribution in [3.05, 3.63) is 21.9 Å². The van der Waals surface area contributed by atoms with E-state index in [0.717, 1.165) is 0 Å². The molecule has 0 radical (unpaired) electrons. The molecule has 3 heteroatoms. The summed E-state index contributed by atoms with van der Waals surface area (Å²) in [6.45, 7) is 0. The largest absolute Gasteiger partial charge is 0.298 e. The molecule has 0 spiro atoms. The molecular weight excluding hydrogens is 134 g/mol. The Morgan fingerprint density at radius 2 is 2.56 bits per heavy atom. The molecule has 0 aliphatic rings. The van der Waals surface area contributed by atoms with Gasteiger partial charge in [0.25, 0.3) is 0 Å². The number of nitrogens with zero attached hydrogens (tertiary/aromatic N) is 1. The van der Waals surface area contributed by atoms with Crippen molar-refractivity contribution in [2.75, 3.05) is 0 Å². The summed E-state index contributed by atoms with van der Waals surface area (Å²) in [6, 6.07) is 3.55. The lowest BCUT2D eigenvalue weighted by atomic mass is 10.3. The van der Waals surface area contributed by atoms with Crippen LogP contribution in [0.25, 0.3) is 0 Å². The third-order valence-electron chi connectivity index (χ3n) is 0.924. The van der Waals surface area contributed by atoms with E-state index in [2.05, 4.69) is 0 Å². The highest BCUT2D eigenvalue weighted by atomic mass is 32.1. The van der Waals surface area contributed by atoms with Gasteiger partial charge in [-0.2, -0.15) is 5.26 Å². The van der Waals surface area contributed by atoms with Gasteiger partial charge in [-0.05, 0) is 11.4 Å². The third kappa shape index (κ3) is 0.980. The number of thiophene rings is 1. The molecule has 1 aromatic heterocycles. The number of nitriles is 1. The average molecular weight is 137 g/mol. The molecule has 0 atom stereocenters. The number of carbonyl (C=O) groups is 1. The van der Waals surface area contributed by atoms with Crippen molar-refractivity contribution >= 4 is 17.6 Å². The number of hydrogen-bond donors (Lipinski definition) is 0. The molecule has 0 fully saturated rings. The lowest BCUT2D eigenvalue weighted by Crippen LogP contribution is -1.75. The van der Waals surface area contributed by atoms with Gasteiger partial charge in [-0.25, -0.2) is 0 Å². The Balaban J connectivity index is 3.17. The van der Waals surface area contributed by atoms with Crippen molar-refractivity contribution in [2.45, 2.75) is 0 Å². The maximum Gasteiger partial charge on any atom is 0.152 e. The summed E-state index contributed by atoms with van der Waals surface area (Å²) in [6.07, 6.45) is 0.690. The van der Waals surface area contributed by atoms with Gasteiger partial charge in [-0.3, -0.25) is 4.79 Å². The Hall–Kier alpha value is -1.14. The number of hydrogen-bond acceptors (Lipinski definition) is 3. The average Bonchev–Trinajstić information content (AvgIpc) is 2.33. The molecule has 1 rings (SSSR count). The van der Waals surface area contributed by atoms with Crippen LogP contribution in [0.15, 0.2) is 11.4 Å². The summed E-state index contributed by atoms with van der Waals surface area (Å²) in [5.41, 5.74) is 0.488. The zero-order chi connectivity index (χ0) is 6.69. The summed E-state index contributed by atoms with van der Waals surface area (Å²) in [7, 11) is 0. The molecule has 0 saturated carbocycles. The second-order valence-corrected chi connectivity index (χ2v) is 2.35. The van der Waals surface area contributed by atoms with Crippen LogP contribution in [0.3, 0.4) is 0 Å². The smallest absolute Gasteiger partial charge is 0.152 e. The minimum atomic E-state index is 0.488. The molecule has 2 nitrogen and oxygen atoms in total. The van der Waals surface area contributed by atoms with Gasteiger partial charge in [-0.1, -0.05) is 0 Å². The summed E-state index contributed by atoms with van der Waals surface area (Å²) < 4.78 is 0. The normalized spacial score (nSPS) is 8.33. The first-order valence-electron chi connectivity index (χ1n) is 2.31. The maximum atomic E-state index is 10.1. The minimum Gasteiger partial charge on any atom is -0.298 e. The molecule has 0 bridgehead atoms. The van der Waals surface area contributed by atoms with E-state index in [-0.39, 0.29) is 0 Å². The molecule has 1 heterocycles. The van der Waals surface area contributed by atoms with Crippen LogP contribution in [-0.2, 0) is 0 Å². The minimum absolute atomic E-state index is 0.488. The molecule has 0 N–H and O–H groups in total. The van der Waals surface area contributed by atoms with E-state index in [1.54, 1.807) is 11.4 Å². The first-order valence-corrected chi connectivity index (χ1v) is 3.19. The lowest BCUT2D eigenvalue weighted by Gasteiger charge is -1.76. The zero-order valence-corrected chi connectivity index (χ0v) is 5.31. The van der Waals surface area contributed by atoms with Crippen molar-refractivity contribution in [1.29, 1.82) is 5.26 Å². The van der Waals surface area contributed by atoms with Crippen molar-refractivity contribution in [3.63, 3.8) is 0 Å². The Morgan fingerprint density at radius 1 is 1.78 bits per heavy atom. The second-order valence-electron chi connectivity index (χ2n) is 1.43. The third-order valence-corrected chi connectivity index (χ3v) is 1.76. The van der Waals surface area contributed by atoms with Crippen molar-refractivity contribution in [3.8, 4) is 6.07 Å². The molecule has 0 saturated heterocycles. The fraction of sp³-hybridized carbons (Fsp3) is 0. The predicted octanol–water partition coefficient (Wildman–Crippen LogP) is 1.43. The van der Waals surface area contributed by atoms with E-state index in [1.165, 1.54) is 11.3 Å². The van der Waals surface area contributed by atoms with Crippen LogP contribution in [0.5, 0.6) is 0 Å². The lowest BCUT2D eigenvalue weighted by molar-refractivity contribution is 0.112. The van der Waals surface area contributed by atoms with Crippen LogP contribution >= 0.6 is 11.3 Å². The van der Waals surface area contributed by atoms with Gasteiger partial charge in [0.2, 0.25) is 0 Å². The molecule has 9 heavy (non-hydrogen) atoms. The standard InChI is InChI=1S/C6H3NOS/c7-3-6-5(4-8)1-2-9-6/h1-2,4H. The Kier molecular flexibility index (Phi) is 1.61. The van der Waals surface area contributed by atoms with Gasteiger partial charge in [0.15, 0.2) is 6.29 Å². The van der Waals surface area contributed by atoms with E-state index >= 15 is 0 Å². The summed E-state index contributed by atoms with van der Waals surface area (Å²) in [5, 5.41) is 10.1. The van der Waals surface area contributed by atoms with Crippen molar-refractivity contribution in [1.82, 2.24) is 0 Å². The molecule has 1 aromatic rings. The van der Waals surface area contributed by atoms with Gasteiger partial charge in [-0.15, -0.1) is 11.3 Å². The molecule has 0 aliphatic heterocycles. The van der Waals surface area contributed by atoms with E-state index in [4.69, 9.17) is 5.26 Å². The van der Waals surface area contributed by atoms with E-state index < -0.39 is 0 Å². The molecular formula is C6H3NOS. The van der Waals surface area contributed by atoms with Gasteiger partial charge in [0.1, 0.15) is 10.9 Å². The number of rotatable bonds is 1. The highest BCUT2D eigenvalue weighted by molar-refractivity contribution is 7.10. The van der Waals surface area contributed by atoms with Crippen LogP contribution in [0, 0.1) is 11.3 Å².